The zero-order valence-electron chi connectivity index (χ0n) is 5.07. The molecule has 1 atom stereocenters. The Bertz CT molecular complexity index is 213. The van der Waals surface area contributed by atoms with Crippen molar-refractivity contribution in [3.05, 3.63) is 14.5 Å². The van der Waals surface area contributed by atoms with Gasteiger partial charge in [-0.2, -0.15) is 0 Å². The second kappa shape index (κ2) is 3.26. The summed E-state index contributed by atoms with van der Waals surface area (Å²) in [7, 11) is 0. The molecule has 0 aliphatic heterocycles. The van der Waals surface area contributed by atoms with E-state index >= 15 is 0 Å². The van der Waals surface area contributed by atoms with Crippen LogP contribution in [0.2, 0.25) is 9.49 Å². The second-order valence-electron chi connectivity index (χ2n) is 1.73. The van der Waals surface area contributed by atoms with Crippen molar-refractivity contribution in [3.63, 3.8) is 0 Å². The average Bonchev–Trinajstić information content (AvgIpc) is 2.13. The lowest BCUT2D eigenvalue weighted by Gasteiger charge is -1.91. The molecular formula is C5H4Cl3NS. The summed E-state index contributed by atoms with van der Waals surface area (Å²) >= 11 is 18.3. The molecule has 10 heavy (non-hydrogen) atoms. The predicted octanol–water partition coefficient (Wildman–Crippen LogP) is 3.75. The maximum atomic E-state index is 5.72. The van der Waals surface area contributed by atoms with Gasteiger partial charge >= 0.3 is 0 Å². The van der Waals surface area contributed by atoms with Crippen molar-refractivity contribution in [2.24, 2.45) is 0 Å². The third kappa shape index (κ3) is 1.76. The molecule has 5 heteroatoms. The molecule has 1 nitrogen and oxygen atoms in total. The van der Waals surface area contributed by atoms with E-state index in [0.717, 1.165) is 5.01 Å². The van der Waals surface area contributed by atoms with Crippen LogP contribution in [0.4, 0.5) is 0 Å². The second-order valence-corrected chi connectivity index (χ2v) is 4.38. The molecule has 0 saturated heterocycles. The first-order chi connectivity index (χ1) is 4.61. The molecule has 1 unspecified atom stereocenters. The van der Waals surface area contributed by atoms with Crippen LogP contribution in [0, 0.1) is 0 Å². The van der Waals surface area contributed by atoms with Crippen LogP contribution in [-0.4, -0.2) is 4.98 Å². The summed E-state index contributed by atoms with van der Waals surface area (Å²) < 4.78 is 0.504. The Kier molecular flexibility index (Phi) is 2.81. The molecule has 1 rings (SSSR count). The maximum Gasteiger partial charge on any atom is 0.159 e. The molecule has 1 aromatic heterocycles. The van der Waals surface area contributed by atoms with E-state index in [9.17, 15) is 0 Å². The van der Waals surface area contributed by atoms with Gasteiger partial charge in [-0.1, -0.05) is 23.2 Å². The first kappa shape index (κ1) is 8.60. The first-order valence-electron chi connectivity index (χ1n) is 2.57. The highest BCUT2D eigenvalue weighted by atomic mass is 35.5. The van der Waals surface area contributed by atoms with E-state index < -0.39 is 0 Å². The molecule has 0 radical (unpaired) electrons. The number of aromatic nitrogens is 1. The lowest BCUT2D eigenvalue weighted by atomic mass is 10.5. The molecule has 1 heterocycles. The quantitative estimate of drug-likeness (QED) is 0.652. The van der Waals surface area contributed by atoms with Gasteiger partial charge in [0.05, 0.1) is 5.38 Å². The van der Waals surface area contributed by atoms with Crippen LogP contribution in [0.5, 0.6) is 0 Å². The molecule has 0 fully saturated rings. The zero-order chi connectivity index (χ0) is 7.72. The standard InChI is InChI=1S/C5H4Cl3NS/c1-2(6)5-9-3(7)4(8)10-5/h2H,1H3. The van der Waals surface area contributed by atoms with Crippen molar-refractivity contribution in [1.29, 1.82) is 0 Å². The first-order valence-corrected chi connectivity index (χ1v) is 4.58. The van der Waals surface area contributed by atoms with Crippen molar-refractivity contribution in [1.82, 2.24) is 4.98 Å². The van der Waals surface area contributed by atoms with Crippen molar-refractivity contribution in [3.8, 4) is 0 Å². The van der Waals surface area contributed by atoms with Crippen LogP contribution < -0.4 is 0 Å². The minimum Gasteiger partial charge on any atom is -0.226 e. The Hall–Kier alpha value is 0.500. The molecule has 0 N–H and O–H groups in total. The van der Waals surface area contributed by atoms with Crippen LogP contribution in [0.1, 0.15) is 17.3 Å². The normalized spacial score (nSPS) is 13.6. The summed E-state index contributed by atoms with van der Waals surface area (Å²) in [4.78, 5) is 3.93. The van der Waals surface area contributed by atoms with E-state index in [1.807, 2.05) is 6.92 Å². The summed E-state index contributed by atoms with van der Waals surface area (Å²) in [5.74, 6) is 0. The zero-order valence-corrected chi connectivity index (χ0v) is 8.15. The number of hydrogen-bond donors (Lipinski definition) is 0. The van der Waals surface area contributed by atoms with Gasteiger partial charge in [0.2, 0.25) is 0 Å². The van der Waals surface area contributed by atoms with Gasteiger partial charge in [0, 0.05) is 0 Å². The average molecular weight is 217 g/mol. The third-order valence-electron chi connectivity index (χ3n) is 0.905. The van der Waals surface area contributed by atoms with Crippen LogP contribution in [0.15, 0.2) is 0 Å². The van der Waals surface area contributed by atoms with Gasteiger partial charge in [0.25, 0.3) is 0 Å². The number of rotatable bonds is 1. The number of nitrogens with zero attached hydrogens (tertiary/aromatic N) is 1. The van der Waals surface area contributed by atoms with E-state index in [2.05, 4.69) is 4.98 Å². The van der Waals surface area contributed by atoms with Crippen LogP contribution in [0.25, 0.3) is 0 Å². The molecule has 0 bridgehead atoms. The highest BCUT2D eigenvalue weighted by molar-refractivity contribution is 7.16. The van der Waals surface area contributed by atoms with E-state index in [4.69, 9.17) is 34.8 Å². The predicted molar refractivity (Wildman–Crippen MR) is 46.4 cm³/mol. The molecule has 0 aromatic carbocycles. The van der Waals surface area contributed by atoms with Gasteiger partial charge in [-0.3, -0.25) is 0 Å². The van der Waals surface area contributed by atoms with Crippen LogP contribution in [-0.2, 0) is 0 Å². The van der Waals surface area contributed by atoms with Crippen LogP contribution >= 0.6 is 46.1 Å². The maximum absolute atomic E-state index is 5.72. The monoisotopic (exact) mass is 215 g/mol. The molecule has 56 valence electrons. The topological polar surface area (TPSA) is 12.9 Å². The van der Waals surface area contributed by atoms with E-state index in [-0.39, 0.29) is 5.38 Å². The largest absolute Gasteiger partial charge is 0.226 e. The van der Waals surface area contributed by atoms with E-state index in [1.54, 1.807) is 0 Å². The SMILES string of the molecule is CC(Cl)c1nc(Cl)c(Cl)s1. The fourth-order valence-corrected chi connectivity index (χ4v) is 1.80. The summed E-state index contributed by atoms with van der Waals surface area (Å²) in [6.07, 6.45) is 0. The van der Waals surface area contributed by atoms with E-state index in [0.29, 0.717) is 9.49 Å². The number of hydrogen-bond acceptors (Lipinski definition) is 2. The van der Waals surface area contributed by atoms with Gasteiger partial charge in [-0.05, 0) is 6.92 Å². The van der Waals surface area contributed by atoms with Crippen molar-refractivity contribution < 1.29 is 0 Å². The van der Waals surface area contributed by atoms with Crippen molar-refractivity contribution in [2.75, 3.05) is 0 Å². The lowest BCUT2D eigenvalue weighted by Crippen LogP contribution is -1.79. The lowest BCUT2D eigenvalue weighted by molar-refractivity contribution is 1.05. The Morgan fingerprint density at radius 1 is 1.50 bits per heavy atom. The highest BCUT2D eigenvalue weighted by Crippen LogP contribution is 2.33. The molecule has 0 amide bonds. The number of alkyl halides is 1. The summed E-state index contributed by atoms with van der Waals surface area (Å²) in [6, 6.07) is 0. The Balaban J connectivity index is 2.98. The third-order valence-corrected chi connectivity index (χ3v) is 3.16. The Morgan fingerprint density at radius 2 is 2.10 bits per heavy atom. The highest BCUT2D eigenvalue weighted by Gasteiger charge is 2.10. The Labute approximate surface area is 77.9 Å². The fourth-order valence-electron chi connectivity index (χ4n) is 0.468. The molecule has 0 aliphatic rings. The molecule has 0 saturated carbocycles. The fraction of sp³-hybridized carbons (Fsp3) is 0.400. The molecule has 0 spiro atoms. The summed E-state index contributed by atoms with van der Waals surface area (Å²) in [5.41, 5.74) is 0. The van der Waals surface area contributed by atoms with Gasteiger partial charge < -0.3 is 0 Å². The smallest absolute Gasteiger partial charge is 0.159 e. The minimum absolute atomic E-state index is 0.116. The molecular weight excluding hydrogens is 212 g/mol. The Morgan fingerprint density at radius 3 is 2.30 bits per heavy atom. The molecule has 0 aliphatic carbocycles. The van der Waals surface area contributed by atoms with Gasteiger partial charge in [0.1, 0.15) is 9.34 Å². The molecule has 1 aromatic rings. The summed E-state index contributed by atoms with van der Waals surface area (Å²) in [5, 5.41) is 0.987. The van der Waals surface area contributed by atoms with Gasteiger partial charge in [0.15, 0.2) is 5.15 Å². The van der Waals surface area contributed by atoms with Crippen LogP contribution in [0.3, 0.4) is 0 Å². The minimum atomic E-state index is -0.116. The van der Waals surface area contributed by atoms with Crippen molar-refractivity contribution in [2.45, 2.75) is 12.3 Å². The van der Waals surface area contributed by atoms with Gasteiger partial charge in [-0.25, -0.2) is 4.98 Å². The number of thiazole rings is 1. The van der Waals surface area contributed by atoms with Gasteiger partial charge in [-0.15, -0.1) is 22.9 Å². The number of halogens is 3. The summed E-state index contributed by atoms with van der Waals surface area (Å²) in [6.45, 7) is 1.83. The van der Waals surface area contributed by atoms with Crippen molar-refractivity contribution >= 4 is 46.1 Å². The van der Waals surface area contributed by atoms with E-state index in [1.165, 1.54) is 11.3 Å².